The highest BCUT2D eigenvalue weighted by atomic mass is 35.5. The number of methoxy groups -OCH3 is 1. The minimum Gasteiger partial charge on any atom is -0.481 e. The van der Waals surface area contributed by atoms with E-state index in [4.69, 9.17) is 16.3 Å². The van der Waals surface area contributed by atoms with Crippen LogP contribution in [-0.2, 0) is 5.41 Å². The lowest BCUT2D eigenvalue weighted by molar-refractivity contribution is 0.302. The van der Waals surface area contributed by atoms with Crippen molar-refractivity contribution in [2.24, 2.45) is 0 Å². The molecule has 0 saturated heterocycles. The molecule has 1 aliphatic rings. The summed E-state index contributed by atoms with van der Waals surface area (Å²) in [5.41, 5.74) is 0.464. The summed E-state index contributed by atoms with van der Waals surface area (Å²) in [6.45, 7) is 0. The average molecular weight is 223 g/mol. The first-order valence-corrected chi connectivity index (χ1v) is 5.22. The molecule has 1 aliphatic carbocycles. The fourth-order valence-electron chi connectivity index (χ4n) is 1.91. The van der Waals surface area contributed by atoms with E-state index in [1.54, 1.807) is 13.2 Å². The van der Waals surface area contributed by atoms with Crippen molar-refractivity contribution in [1.82, 2.24) is 4.98 Å². The molecular weight excluding hydrogens is 212 g/mol. The van der Waals surface area contributed by atoms with Crippen molar-refractivity contribution in [3.8, 4) is 11.9 Å². The molecule has 2 rings (SSSR count). The molecule has 0 unspecified atom stereocenters. The molecule has 1 saturated carbocycles. The molecule has 0 N–H and O–H groups in total. The quantitative estimate of drug-likeness (QED) is 0.723. The molecule has 0 aromatic carbocycles. The summed E-state index contributed by atoms with van der Waals surface area (Å²) in [5.74, 6) is 0.476. The van der Waals surface area contributed by atoms with Gasteiger partial charge < -0.3 is 4.74 Å². The second-order valence-corrected chi connectivity index (χ2v) is 4.13. The molecule has 0 atom stereocenters. The van der Waals surface area contributed by atoms with Crippen LogP contribution in [0.2, 0.25) is 5.15 Å². The van der Waals surface area contributed by atoms with Crippen molar-refractivity contribution >= 4 is 11.6 Å². The van der Waals surface area contributed by atoms with Gasteiger partial charge in [-0.25, -0.2) is 4.98 Å². The Morgan fingerprint density at radius 2 is 2.27 bits per heavy atom. The molecule has 0 radical (unpaired) electrons. The summed E-state index contributed by atoms with van der Waals surface area (Å²) in [6, 6.07) is 5.91. The molecule has 1 fully saturated rings. The third-order valence-electron chi connectivity index (χ3n) is 2.96. The maximum atomic E-state index is 9.21. The molecule has 0 spiro atoms. The summed E-state index contributed by atoms with van der Waals surface area (Å²) in [4.78, 5) is 4.08. The number of rotatable bonds is 2. The Bertz CT molecular complexity index is 421. The Labute approximate surface area is 93.6 Å². The van der Waals surface area contributed by atoms with Crippen molar-refractivity contribution in [3.63, 3.8) is 0 Å². The standard InChI is InChI=1S/C11H11ClN2O/c1-15-10-8(3-4-9(12)14-10)11(7-13)5-2-6-11/h3-4H,2,5-6H2,1H3. The van der Waals surface area contributed by atoms with Crippen molar-refractivity contribution in [3.05, 3.63) is 22.8 Å². The van der Waals surface area contributed by atoms with E-state index in [0.29, 0.717) is 11.0 Å². The molecular formula is C11H11ClN2O. The van der Waals surface area contributed by atoms with Crippen LogP contribution in [0.15, 0.2) is 12.1 Å². The van der Waals surface area contributed by atoms with Crippen LogP contribution in [0.1, 0.15) is 24.8 Å². The van der Waals surface area contributed by atoms with Gasteiger partial charge in [-0.15, -0.1) is 0 Å². The van der Waals surface area contributed by atoms with Gasteiger partial charge in [-0.05, 0) is 31.4 Å². The fraction of sp³-hybridized carbons (Fsp3) is 0.455. The topological polar surface area (TPSA) is 45.9 Å². The molecule has 0 bridgehead atoms. The van der Waals surface area contributed by atoms with Crippen LogP contribution in [0.3, 0.4) is 0 Å². The molecule has 1 aromatic heterocycles. The molecule has 3 nitrogen and oxygen atoms in total. The van der Waals surface area contributed by atoms with Crippen LogP contribution in [0, 0.1) is 11.3 Å². The normalized spacial score (nSPS) is 17.7. The minimum atomic E-state index is -0.400. The van der Waals surface area contributed by atoms with E-state index in [9.17, 15) is 5.26 Å². The van der Waals surface area contributed by atoms with E-state index < -0.39 is 5.41 Å². The smallest absolute Gasteiger partial charge is 0.219 e. The van der Waals surface area contributed by atoms with Crippen LogP contribution in [0.25, 0.3) is 0 Å². The third kappa shape index (κ3) is 1.55. The minimum absolute atomic E-state index is 0.392. The molecule has 1 heterocycles. The van der Waals surface area contributed by atoms with E-state index in [2.05, 4.69) is 11.1 Å². The second kappa shape index (κ2) is 3.71. The highest BCUT2D eigenvalue weighted by Crippen LogP contribution is 2.46. The Morgan fingerprint density at radius 3 is 2.73 bits per heavy atom. The van der Waals surface area contributed by atoms with E-state index in [-0.39, 0.29) is 0 Å². The number of ether oxygens (including phenoxy) is 1. The van der Waals surface area contributed by atoms with E-state index in [1.165, 1.54) is 0 Å². The largest absolute Gasteiger partial charge is 0.481 e. The summed E-state index contributed by atoms with van der Waals surface area (Å²) < 4.78 is 5.16. The van der Waals surface area contributed by atoms with Gasteiger partial charge in [-0.3, -0.25) is 0 Å². The van der Waals surface area contributed by atoms with Crippen molar-refractivity contribution < 1.29 is 4.74 Å². The maximum Gasteiger partial charge on any atom is 0.219 e. The van der Waals surface area contributed by atoms with Crippen LogP contribution in [0.5, 0.6) is 5.88 Å². The lowest BCUT2D eigenvalue weighted by Gasteiger charge is -2.35. The number of pyridine rings is 1. The van der Waals surface area contributed by atoms with Gasteiger partial charge in [0.25, 0.3) is 0 Å². The molecule has 0 aliphatic heterocycles. The second-order valence-electron chi connectivity index (χ2n) is 3.74. The maximum absolute atomic E-state index is 9.21. The highest BCUT2D eigenvalue weighted by molar-refractivity contribution is 6.29. The monoisotopic (exact) mass is 222 g/mol. The first-order chi connectivity index (χ1) is 7.22. The number of aromatic nitrogens is 1. The average Bonchev–Trinajstić information content (AvgIpc) is 2.19. The lowest BCUT2D eigenvalue weighted by Crippen LogP contribution is -2.32. The summed E-state index contributed by atoms with van der Waals surface area (Å²) >= 11 is 5.78. The van der Waals surface area contributed by atoms with Gasteiger partial charge in [0.15, 0.2) is 0 Å². The lowest BCUT2D eigenvalue weighted by atomic mass is 9.66. The van der Waals surface area contributed by atoms with Gasteiger partial charge in [-0.1, -0.05) is 11.6 Å². The number of hydrogen-bond acceptors (Lipinski definition) is 3. The number of hydrogen-bond donors (Lipinski definition) is 0. The fourth-order valence-corrected chi connectivity index (χ4v) is 2.05. The summed E-state index contributed by atoms with van der Waals surface area (Å²) in [7, 11) is 1.55. The van der Waals surface area contributed by atoms with Gasteiger partial charge in [0.05, 0.1) is 18.6 Å². The number of nitriles is 1. The van der Waals surface area contributed by atoms with Crippen LogP contribution in [0.4, 0.5) is 0 Å². The van der Waals surface area contributed by atoms with Crippen LogP contribution >= 0.6 is 11.6 Å². The van der Waals surface area contributed by atoms with E-state index in [1.807, 2.05) is 6.07 Å². The molecule has 78 valence electrons. The first kappa shape index (κ1) is 10.3. The Kier molecular flexibility index (Phi) is 2.54. The predicted octanol–water partition coefficient (Wildman–Crippen LogP) is 2.69. The van der Waals surface area contributed by atoms with Gasteiger partial charge in [-0.2, -0.15) is 5.26 Å². The summed E-state index contributed by atoms with van der Waals surface area (Å²) in [5, 5.41) is 9.60. The van der Waals surface area contributed by atoms with Crippen molar-refractivity contribution in [2.75, 3.05) is 7.11 Å². The predicted molar refractivity (Wildman–Crippen MR) is 56.9 cm³/mol. The Hall–Kier alpha value is -1.27. The van der Waals surface area contributed by atoms with Gasteiger partial charge in [0, 0.05) is 5.56 Å². The summed E-state index contributed by atoms with van der Waals surface area (Å²) in [6.07, 6.45) is 2.84. The van der Waals surface area contributed by atoms with Crippen molar-refractivity contribution in [2.45, 2.75) is 24.7 Å². The molecule has 0 amide bonds. The Morgan fingerprint density at radius 1 is 1.53 bits per heavy atom. The van der Waals surface area contributed by atoms with E-state index in [0.717, 1.165) is 24.8 Å². The number of halogens is 1. The SMILES string of the molecule is COc1nc(Cl)ccc1C1(C#N)CCC1. The van der Waals surface area contributed by atoms with E-state index >= 15 is 0 Å². The highest BCUT2D eigenvalue weighted by Gasteiger charge is 2.41. The number of nitrogens with zero attached hydrogens (tertiary/aromatic N) is 2. The van der Waals surface area contributed by atoms with Crippen LogP contribution in [-0.4, -0.2) is 12.1 Å². The zero-order valence-corrected chi connectivity index (χ0v) is 9.21. The van der Waals surface area contributed by atoms with Crippen molar-refractivity contribution in [1.29, 1.82) is 5.26 Å². The third-order valence-corrected chi connectivity index (χ3v) is 3.17. The first-order valence-electron chi connectivity index (χ1n) is 4.84. The van der Waals surface area contributed by atoms with Gasteiger partial charge >= 0.3 is 0 Å². The zero-order chi connectivity index (χ0) is 10.9. The van der Waals surface area contributed by atoms with Gasteiger partial charge in [0.1, 0.15) is 5.15 Å². The van der Waals surface area contributed by atoms with Gasteiger partial charge in [0.2, 0.25) is 5.88 Å². The molecule has 1 aromatic rings. The zero-order valence-electron chi connectivity index (χ0n) is 8.46. The Balaban J connectivity index is 2.48. The van der Waals surface area contributed by atoms with Crippen LogP contribution < -0.4 is 4.74 Å². The molecule has 15 heavy (non-hydrogen) atoms. The molecule has 4 heteroatoms.